The summed E-state index contributed by atoms with van der Waals surface area (Å²) < 4.78 is 0. The predicted molar refractivity (Wildman–Crippen MR) is 91.5 cm³/mol. The zero-order chi connectivity index (χ0) is 16.0. The first-order valence-corrected chi connectivity index (χ1v) is 8.30. The molecule has 0 amide bonds. The van der Waals surface area contributed by atoms with Crippen LogP contribution in [0.5, 0.6) is 0 Å². The zero-order valence-electron chi connectivity index (χ0n) is 14.1. The number of hydrogen-bond donors (Lipinski definition) is 0. The molecule has 0 spiro atoms. The molecule has 0 bridgehead atoms. The molecule has 2 aliphatic rings. The van der Waals surface area contributed by atoms with Crippen LogP contribution >= 0.6 is 0 Å². The highest BCUT2D eigenvalue weighted by atomic mass is 16.1. The van der Waals surface area contributed by atoms with Crippen LogP contribution in [0.1, 0.15) is 39.7 Å². The monoisotopic (exact) mass is 294 g/mol. The molecular weight excluding hydrogens is 268 g/mol. The molecule has 116 valence electrons. The Morgan fingerprint density at radius 2 is 1.82 bits per heavy atom. The second kappa shape index (κ2) is 5.22. The summed E-state index contributed by atoms with van der Waals surface area (Å²) in [7, 11) is 0. The van der Waals surface area contributed by atoms with Gasteiger partial charge in [0.1, 0.15) is 0 Å². The Hall–Kier alpha value is -1.63. The van der Waals surface area contributed by atoms with Gasteiger partial charge in [0, 0.05) is 5.41 Å². The Bertz CT molecular complexity index is 635. The largest absolute Gasteiger partial charge is 0.294 e. The van der Waals surface area contributed by atoms with E-state index in [1.54, 1.807) is 0 Å². The summed E-state index contributed by atoms with van der Waals surface area (Å²) in [4.78, 5) is 12.9. The van der Waals surface area contributed by atoms with Gasteiger partial charge in [-0.05, 0) is 48.7 Å². The van der Waals surface area contributed by atoms with Crippen molar-refractivity contribution in [3.63, 3.8) is 0 Å². The summed E-state index contributed by atoms with van der Waals surface area (Å²) in [6.07, 6.45) is 8.29. The maximum atomic E-state index is 12.9. The van der Waals surface area contributed by atoms with Crippen LogP contribution in [0.4, 0.5) is 0 Å². The van der Waals surface area contributed by atoms with Gasteiger partial charge >= 0.3 is 0 Å². The maximum Gasteiger partial charge on any atom is 0.162 e. The van der Waals surface area contributed by atoms with E-state index in [1.165, 1.54) is 11.1 Å². The Balaban J connectivity index is 2.04. The normalized spacial score (nSPS) is 33.3. The predicted octanol–water partition coefficient (Wildman–Crippen LogP) is 4.98. The van der Waals surface area contributed by atoms with Crippen molar-refractivity contribution >= 4 is 5.78 Å². The fourth-order valence-electron chi connectivity index (χ4n) is 4.64. The summed E-state index contributed by atoms with van der Waals surface area (Å²) in [5.41, 5.74) is 2.49. The number of allylic oxidation sites excluding steroid dienone is 4. The van der Waals surface area contributed by atoms with Crippen LogP contribution in [0.3, 0.4) is 0 Å². The first-order valence-electron chi connectivity index (χ1n) is 8.30. The molecule has 1 nitrogen and oxygen atoms in total. The van der Waals surface area contributed by atoms with E-state index >= 15 is 0 Å². The standard InChI is InChI=1S/C21H26O/c1-15-10-11-18-20(2,3)13-12-19(22)21(18,4)17(15)14-16-8-6-5-7-9-16/h5-10,12-13,17-18H,11,14H2,1-4H3/t17-,18-,21-/m0/s1. The summed E-state index contributed by atoms with van der Waals surface area (Å²) in [5, 5.41) is 0. The van der Waals surface area contributed by atoms with Gasteiger partial charge in [-0.3, -0.25) is 4.79 Å². The summed E-state index contributed by atoms with van der Waals surface area (Å²) >= 11 is 0. The highest BCUT2D eigenvalue weighted by molar-refractivity contribution is 5.96. The van der Waals surface area contributed by atoms with Gasteiger partial charge in [-0.1, -0.05) is 68.8 Å². The highest BCUT2D eigenvalue weighted by Gasteiger charge is 2.54. The van der Waals surface area contributed by atoms with Crippen molar-refractivity contribution in [2.75, 3.05) is 0 Å². The van der Waals surface area contributed by atoms with E-state index < -0.39 is 0 Å². The smallest absolute Gasteiger partial charge is 0.162 e. The fraction of sp³-hybridized carbons (Fsp3) is 0.476. The van der Waals surface area contributed by atoms with Gasteiger partial charge in [0.15, 0.2) is 5.78 Å². The van der Waals surface area contributed by atoms with Crippen molar-refractivity contribution in [1.82, 2.24) is 0 Å². The molecule has 2 aliphatic carbocycles. The molecule has 3 atom stereocenters. The number of carbonyl (C=O) groups is 1. The van der Waals surface area contributed by atoms with Crippen LogP contribution in [0.15, 0.2) is 54.1 Å². The lowest BCUT2D eigenvalue weighted by Crippen LogP contribution is -2.52. The Morgan fingerprint density at radius 1 is 1.14 bits per heavy atom. The van der Waals surface area contributed by atoms with Crippen molar-refractivity contribution in [3.8, 4) is 0 Å². The van der Waals surface area contributed by atoms with Crippen LogP contribution in [0.25, 0.3) is 0 Å². The Labute approximate surface area is 134 Å². The third-order valence-electron chi connectivity index (χ3n) is 6.05. The summed E-state index contributed by atoms with van der Waals surface area (Å²) in [6.45, 7) is 8.95. The molecule has 0 aliphatic heterocycles. The quantitative estimate of drug-likeness (QED) is 0.703. The Kier molecular flexibility index (Phi) is 3.63. The van der Waals surface area contributed by atoms with E-state index in [9.17, 15) is 4.79 Å². The van der Waals surface area contributed by atoms with Gasteiger partial charge in [0.25, 0.3) is 0 Å². The van der Waals surface area contributed by atoms with Crippen LogP contribution < -0.4 is 0 Å². The van der Waals surface area contributed by atoms with E-state index in [2.05, 4.69) is 70.2 Å². The van der Waals surface area contributed by atoms with Crippen LogP contribution in [0, 0.1) is 22.7 Å². The lowest BCUT2D eigenvalue weighted by atomic mass is 9.49. The molecule has 0 saturated heterocycles. The van der Waals surface area contributed by atoms with Gasteiger partial charge in [0.2, 0.25) is 0 Å². The van der Waals surface area contributed by atoms with Crippen molar-refractivity contribution in [2.24, 2.45) is 22.7 Å². The molecule has 0 radical (unpaired) electrons. The van der Waals surface area contributed by atoms with Gasteiger partial charge in [-0.25, -0.2) is 0 Å². The maximum absolute atomic E-state index is 12.9. The number of fused-ring (bicyclic) bond motifs is 1. The summed E-state index contributed by atoms with van der Waals surface area (Å²) in [6, 6.07) is 10.6. The van der Waals surface area contributed by atoms with Crippen molar-refractivity contribution in [3.05, 3.63) is 59.7 Å². The molecule has 0 N–H and O–H groups in total. The van der Waals surface area contributed by atoms with E-state index in [0.717, 1.165) is 12.8 Å². The number of benzene rings is 1. The Morgan fingerprint density at radius 3 is 2.50 bits per heavy atom. The number of ketones is 1. The molecule has 3 rings (SSSR count). The van der Waals surface area contributed by atoms with Crippen LogP contribution in [0.2, 0.25) is 0 Å². The van der Waals surface area contributed by atoms with Crippen LogP contribution in [-0.4, -0.2) is 5.78 Å². The van der Waals surface area contributed by atoms with Gasteiger partial charge in [-0.15, -0.1) is 0 Å². The molecule has 22 heavy (non-hydrogen) atoms. The molecule has 1 heteroatoms. The minimum Gasteiger partial charge on any atom is -0.294 e. The first-order chi connectivity index (χ1) is 10.4. The van der Waals surface area contributed by atoms with Crippen LogP contribution in [-0.2, 0) is 11.2 Å². The first kappa shape index (κ1) is 15.3. The molecule has 0 heterocycles. The van der Waals surface area contributed by atoms with E-state index in [0.29, 0.717) is 17.6 Å². The number of hydrogen-bond acceptors (Lipinski definition) is 1. The highest BCUT2D eigenvalue weighted by Crippen LogP contribution is 2.56. The third-order valence-corrected chi connectivity index (χ3v) is 6.05. The number of rotatable bonds is 2. The number of carbonyl (C=O) groups excluding carboxylic acids is 1. The lowest BCUT2D eigenvalue weighted by Gasteiger charge is -2.53. The van der Waals surface area contributed by atoms with Crippen molar-refractivity contribution < 1.29 is 4.79 Å². The average Bonchev–Trinajstić information content (AvgIpc) is 2.48. The second-order valence-corrected chi connectivity index (χ2v) is 7.78. The molecule has 0 aromatic heterocycles. The molecule has 0 unspecified atom stereocenters. The molecule has 1 aromatic rings. The second-order valence-electron chi connectivity index (χ2n) is 7.78. The SMILES string of the molecule is CC1=CC[C@H]2C(C)(C)C=CC(=O)[C@@]2(C)[C@H]1Cc1ccccc1. The molecular formula is C21H26O. The minimum absolute atomic E-state index is 0.0782. The van der Waals surface area contributed by atoms with E-state index in [1.807, 2.05) is 6.08 Å². The van der Waals surface area contributed by atoms with Crippen molar-refractivity contribution in [1.29, 1.82) is 0 Å². The van der Waals surface area contributed by atoms with E-state index in [4.69, 9.17) is 0 Å². The lowest BCUT2D eigenvalue weighted by molar-refractivity contribution is -0.134. The van der Waals surface area contributed by atoms with Gasteiger partial charge < -0.3 is 0 Å². The molecule has 0 fully saturated rings. The average molecular weight is 294 g/mol. The third kappa shape index (κ3) is 2.27. The minimum atomic E-state index is -0.285. The molecule has 1 aromatic carbocycles. The topological polar surface area (TPSA) is 17.1 Å². The fourth-order valence-corrected chi connectivity index (χ4v) is 4.64. The van der Waals surface area contributed by atoms with Gasteiger partial charge in [-0.2, -0.15) is 0 Å². The van der Waals surface area contributed by atoms with Crippen molar-refractivity contribution in [2.45, 2.75) is 40.5 Å². The molecule has 0 saturated carbocycles. The van der Waals surface area contributed by atoms with Gasteiger partial charge in [0.05, 0.1) is 0 Å². The zero-order valence-corrected chi connectivity index (χ0v) is 14.1. The van der Waals surface area contributed by atoms with E-state index in [-0.39, 0.29) is 10.8 Å². The summed E-state index contributed by atoms with van der Waals surface area (Å²) in [5.74, 6) is 0.991.